The second-order valence-corrected chi connectivity index (χ2v) is 5.67. The molecule has 4 nitrogen and oxygen atoms in total. The zero-order valence-corrected chi connectivity index (χ0v) is 11.8. The van der Waals surface area contributed by atoms with Crippen LogP contribution in [0.5, 0.6) is 0 Å². The van der Waals surface area contributed by atoms with Gasteiger partial charge >= 0.3 is 6.09 Å². The van der Waals surface area contributed by atoms with Crippen LogP contribution >= 0.6 is 0 Å². The van der Waals surface area contributed by atoms with Crippen LogP contribution in [0.2, 0.25) is 0 Å². The molecule has 1 atom stereocenters. The van der Waals surface area contributed by atoms with E-state index in [4.69, 9.17) is 4.74 Å². The van der Waals surface area contributed by atoms with Crippen molar-refractivity contribution in [1.29, 1.82) is 0 Å². The number of hydrogen-bond donors (Lipinski definition) is 0. The van der Waals surface area contributed by atoms with Gasteiger partial charge in [-0.15, -0.1) is 0 Å². The fourth-order valence-electron chi connectivity index (χ4n) is 2.28. The largest absolute Gasteiger partial charge is 0.443 e. The number of ether oxygens (including phenoxy) is 1. The summed E-state index contributed by atoms with van der Waals surface area (Å²) >= 11 is 0. The van der Waals surface area contributed by atoms with Gasteiger partial charge in [0.05, 0.1) is 11.6 Å². The highest BCUT2D eigenvalue weighted by molar-refractivity contribution is 6.19. The molecule has 0 saturated heterocycles. The monoisotopic (exact) mass is 261 g/mol. The number of imide groups is 1. The van der Waals surface area contributed by atoms with E-state index in [9.17, 15) is 9.59 Å². The Hall–Kier alpha value is -1.84. The molecule has 19 heavy (non-hydrogen) atoms. The smallest absolute Gasteiger partial charge is 0.421 e. The molecule has 0 radical (unpaired) electrons. The fraction of sp³-hybridized carbons (Fsp3) is 0.467. The first-order chi connectivity index (χ1) is 8.85. The minimum Gasteiger partial charge on any atom is -0.443 e. The maximum absolute atomic E-state index is 12.3. The molecule has 2 amide bonds. The van der Waals surface area contributed by atoms with E-state index < -0.39 is 11.7 Å². The third kappa shape index (κ3) is 2.48. The standard InChI is InChI=1S/C15H19NO3/c1-5-10-11-8-6-7-9-12(11)16(13(10)17)14(18)19-15(2,3)4/h6-10H,5H2,1-4H3/t10-/m0/s1. The zero-order valence-electron chi connectivity index (χ0n) is 11.8. The molecule has 1 aliphatic rings. The maximum Gasteiger partial charge on any atom is 0.421 e. The number of para-hydroxylation sites is 1. The summed E-state index contributed by atoms with van der Waals surface area (Å²) in [5, 5.41) is 0. The average molecular weight is 261 g/mol. The molecule has 1 aromatic carbocycles. The molecule has 4 heteroatoms. The summed E-state index contributed by atoms with van der Waals surface area (Å²) in [6.07, 6.45) is 0.0793. The van der Waals surface area contributed by atoms with Crippen LogP contribution < -0.4 is 4.90 Å². The molecule has 0 fully saturated rings. The highest BCUT2D eigenvalue weighted by atomic mass is 16.6. The van der Waals surface area contributed by atoms with Gasteiger partial charge in [-0.1, -0.05) is 25.1 Å². The van der Waals surface area contributed by atoms with Crippen molar-refractivity contribution < 1.29 is 14.3 Å². The first-order valence-electron chi connectivity index (χ1n) is 6.51. The van der Waals surface area contributed by atoms with Gasteiger partial charge in [-0.25, -0.2) is 9.69 Å². The summed E-state index contributed by atoms with van der Waals surface area (Å²) in [5.41, 5.74) is 0.936. The number of nitrogens with zero attached hydrogens (tertiary/aromatic N) is 1. The molecule has 0 aromatic heterocycles. The van der Waals surface area contributed by atoms with Gasteiger partial charge in [-0.3, -0.25) is 4.79 Å². The van der Waals surface area contributed by atoms with Crippen molar-refractivity contribution in [2.75, 3.05) is 4.90 Å². The lowest BCUT2D eigenvalue weighted by molar-refractivity contribution is -0.119. The summed E-state index contributed by atoms with van der Waals surface area (Å²) in [6, 6.07) is 7.38. The predicted molar refractivity (Wildman–Crippen MR) is 73.2 cm³/mol. The molecular formula is C15H19NO3. The van der Waals surface area contributed by atoms with Crippen LogP contribution in [0.15, 0.2) is 24.3 Å². The molecule has 0 spiro atoms. The summed E-state index contributed by atoms with van der Waals surface area (Å²) in [6.45, 7) is 7.30. The predicted octanol–water partition coefficient (Wildman–Crippen LogP) is 3.46. The minimum atomic E-state index is -0.614. The van der Waals surface area contributed by atoms with E-state index in [1.807, 2.05) is 25.1 Å². The molecule has 1 heterocycles. The van der Waals surface area contributed by atoms with Crippen molar-refractivity contribution in [2.24, 2.45) is 0 Å². The normalized spacial score (nSPS) is 18.4. The van der Waals surface area contributed by atoms with Gasteiger partial charge in [0, 0.05) is 0 Å². The zero-order chi connectivity index (χ0) is 14.2. The Morgan fingerprint density at radius 2 is 1.95 bits per heavy atom. The van der Waals surface area contributed by atoms with Crippen molar-refractivity contribution in [3.63, 3.8) is 0 Å². The van der Waals surface area contributed by atoms with Crippen molar-refractivity contribution >= 4 is 17.7 Å². The Morgan fingerprint density at radius 3 is 2.53 bits per heavy atom. The van der Waals surface area contributed by atoms with Crippen LogP contribution in [0.25, 0.3) is 0 Å². The second kappa shape index (κ2) is 4.68. The number of carbonyl (C=O) groups excluding carboxylic acids is 2. The second-order valence-electron chi connectivity index (χ2n) is 5.67. The number of rotatable bonds is 1. The van der Waals surface area contributed by atoms with Gasteiger partial charge in [-0.05, 0) is 38.8 Å². The van der Waals surface area contributed by atoms with E-state index in [-0.39, 0.29) is 11.8 Å². The molecule has 0 unspecified atom stereocenters. The van der Waals surface area contributed by atoms with Crippen molar-refractivity contribution in [1.82, 2.24) is 0 Å². The Labute approximate surface area is 113 Å². The molecule has 0 N–H and O–H groups in total. The van der Waals surface area contributed by atoms with E-state index in [1.54, 1.807) is 26.8 Å². The number of anilines is 1. The van der Waals surface area contributed by atoms with Crippen LogP contribution in [0, 0.1) is 0 Å². The number of amides is 2. The lowest BCUT2D eigenvalue weighted by atomic mass is 9.98. The molecule has 1 aliphatic heterocycles. The average Bonchev–Trinajstić information content (AvgIpc) is 2.58. The van der Waals surface area contributed by atoms with Crippen molar-refractivity contribution in [3.05, 3.63) is 29.8 Å². The topological polar surface area (TPSA) is 46.6 Å². The first kappa shape index (κ1) is 13.6. The van der Waals surface area contributed by atoms with E-state index in [1.165, 1.54) is 0 Å². The van der Waals surface area contributed by atoms with Gasteiger partial charge in [0.15, 0.2) is 0 Å². The molecule has 0 bridgehead atoms. The van der Waals surface area contributed by atoms with E-state index in [0.717, 1.165) is 10.5 Å². The van der Waals surface area contributed by atoms with Gasteiger partial charge in [0.2, 0.25) is 5.91 Å². The molecule has 1 aromatic rings. The highest BCUT2D eigenvalue weighted by Crippen LogP contribution is 2.39. The third-order valence-corrected chi connectivity index (χ3v) is 3.06. The van der Waals surface area contributed by atoms with Crippen LogP contribution in [0.4, 0.5) is 10.5 Å². The summed E-state index contributed by atoms with van der Waals surface area (Å²) < 4.78 is 5.31. The summed E-state index contributed by atoms with van der Waals surface area (Å²) in [7, 11) is 0. The first-order valence-corrected chi connectivity index (χ1v) is 6.51. The number of fused-ring (bicyclic) bond motifs is 1. The van der Waals surface area contributed by atoms with E-state index in [0.29, 0.717) is 12.1 Å². The molecule has 2 rings (SSSR count). The lowest BCUT2D eigenvalue weighted by Crippen LogP contribution is -2.39. The minimum absolute atomic E-state index is 0.196. The highest BCUT2D eigenvalue weighted by Gasteiger charge is 2.41. The summed E-state index contributed by atoms with van der Waals surface area (Å²) in [4.78, 5) is 25.7. The Bertz CT molecular complexity index is 516. The quantitative estimate of drug-likeness (QED) is 0.777. The van der Waals surface area contributed by atoms with Crippen LogP contribution in [-0.4, -0.2) is 17.6 Å². The molecular weight excluding hydrogens is 242 g/mol. The Morgan fingerprint density at radius 1 is 1.32 bits per heavy atom. The number of carbonyl (C=O) groups is 2. The van der Waals surface area contributed by atoms with Gasteiger partial charge in [-0.2, -0.15) is 0 Å². The SMILES string of the molecule is CC[C@@H]1C(=O)N(C(=O)OC(C)(C)C)c2ccccc21. The maximum atomic E-state index is 12.3. The Kier molecular flexibility index (Phi) is 3.35. The van der Waals surface area contributed by atoms with Gasteiger partial charge in [0.1, 0.15) is 5.60 Å². The van der Waals surface area contributed by atoms with Crippen LogP contribution in [0.3, 0.4) is 0 Å². The van der Waals surface area contributed by atoms with E-state index in [2.05, 4.69) is 0 Å². The van der Waals surface area contributed by atoms with Crippen LogP contribution in [-0.2, 0) is 9.53 Å². The number of hydrogen-bond acceptors (Lipinski definition) is 3. The van der Waals surface area contributed by atoms with Crippen molar-refractivity contribution in [3.8, 4) is 0 Å². The van der Waals surface area contributed by atoms with Gasteiger partial charge in [0.25, 0.3) is 0 Å². The number of benzene rings is 1. The Balaban J connectivity index is 2.37. The van der Waals surface area contributed by atoms with Crippen molar-refractivity contribution in [2.45, 2.75) is 45.6 Å². The lowest BCUT2D eigenvalue weighted by Gasteiger charge is -2.24. The van der Waals surface area contributed by atoms with E-state index >= 15 is 0 Å². The summed E-state index contributed by atoms with van der Waals surface area (Å²) in [5.74, 6) is -0.443. The van der Waals surface area contributed by atoms with Gasteiger partial charge < -0.3 is 4.74 Å². The fourth-order valence-corrected chi connectivity index (χ4v) is 2.28. The molecule has 0 aliphatic carbocycles. The third-order valence-electron chi connectivity index (χ3n) is 3.06. The van der Waals surface area contributed by atoms with Crippen LogP contribution in [0.1, 0.15) is 45.6 Å². The molecule has 102 valence electrons. The molecule has 0 saturated carbocycles.